The smallest absolute Gasteiger partial charge is 0.302 e. The number of hydrogen-bond acceptors (Lipinski definition) is 9. The van der Waals surface area contributed by atoms with Gasteiger partial charge in [-0.1, -0.05) is 6.07 Å². The van der Waals surface area contributed by atoms with E-state index in [4.69, 9.17) is 32.2 Å². The molecule has 0 heterocycles. The first-order valence-corrected chi connectivity index (χ1v) is 13.0. The minimum atomic E-state index is -0.288. The van der Waals surface area contributed by atoms with E-state index in [1.165, 1.54) is 13.8 Å². The second-order valence-electron chi connectivity index (χ2n) is 9.23. The van der Waals surface area contributed by atoms with Crippen LogP contribution in [0.25, 0.3) is 0 Å². The summed E-state index contributed by atoms with van der Waals surface area (Å²) in [4.78, 5) is 34.8. The maximum Gasteiger partial charge on any atom is 0.302 e. The van der Waals surface area contributed by atoms with Crippen molar-refractivity contribution in [3.8, 4) is 0 Å². The Morgan fingerprint density at radius 2 is 1.72 bits per heavy atom. The van der Waals surface area contributed by atoms with E-state index in [0.29, 0.717) is 18.7 Å². The second kappa shape index (κ2) is 16.3. The number of methoxy groups -OCH3 is 3. The number of fused-ring (bicyclic) bond motifs is 3. The molecule has 1 fully saturated rings. The van der Waals surface area contributed by atoms with Gasteiger partial charge in [-0.25, -0.2) is 0 Å². The van der Waals surface area contributed by atoms with E-state index in [0.717, 1.165) is 24.0 Å². The Morgan fingerprint density at radius 1 is 1.05 bits per heavy atom. The quantitative estimate of drug-likeness (QED) is 0.209. The largest absolute Gasteiger partial charge is 0.466 e. The van der Waals surface area contributed by atoms with Gasteiger partial charge in [0.1, 0.15) is 11.8 Å². The van der Waals surface area contributed by atoms with Crippen LogP contribution in [0.15, 0.2) is 23.0 Å². The third-order valence-electron chi connectivity index (χ3n) is 6.86. The summed E-state index contributed by atoms with van der Waals surface area (Å²) in [6.45, 7) is 5.14. The Bertz CT molecular complexity index is 1040. The lowest BCUT2D eigenvalue weighted by Crippen LogP contribution is -2.51. The number of esters is 1. The average Bonchev–Trinajstić information content (AvgIpc) is 3.10. The Balaban J connectivity index is 0.000000977. The van der Waals surface area contributed by atoms with Crippen LogP contribution in [0.4, 0.5) is 5.69 Å². The number of carbonyl (C=O) groups is 2. The molecule has 0 radical (unpaired) electrons. The van der Waals surface area contributed by atoms with Crippen molar-refractivity contribution < 1.29 is 34.0 Å². The van der Waals surface area contributed by atoms with Crippen LogP contribution in [0.2, 0.25) is 0 Å². The van der Waals surface area contributed by atoms with E-state index in [9.17, 15) is 14.4 Å². The molecule has 2 aliphatic rings. The molecule has 13 heteroatoms. The van der Waals surface area contributed by atoms with Crippen LogP contribution < -0.4 is 27.3 Å². The van der Waals surface area contributed by atoms with Crippen molar-refractivity contribution in [3.05, 3.63) is 39.5 Å². The van der Waals surface area contributed by atoms with Gasteiger partial charge in [-0.15, -0.1) is 0 Å². The Hall–Kier alpha value is -2.84. The minimum Gasteiger partial charge on any atom is -0.466 e. The van der Waals surface area contributed by atoms with Crippen LogP contribution in [-0.2, 0) is 28.5 Å². The summed E-state index contributed by atoms with van der Waals surface area (Å²) in [5.41, 5.74) is 12.6. The Kier molecular flexibility index (Phi) is 14.3. The van der Waals surface area contributed by atoms with Crippen LogP contribution in [0.1, 0.15) is 63.1 Å². The molecule has 0 saturated heterocycles. The van der Waals surface area contributed by atoms with E-state index in [2.05, 4.69) is 20.9 Å². The lowest BCUT2D eigenvalue weighted by atomic mass is 9.70. The number of amides is 1. The first-order chi connectivity index (χ1) is 18.1. The predicted octanol–water partition coefficient (Wildman–Crippen LogP) is 1.07. The van der Waals surface area contributed by atoms with Crippen molar-refractivity contribution in [2.24, 2.45) is 11.7 Å². The highest BCUT2D eigenvalue weighted by atomic mass is 32.1. The number of nitrogens with one attached hydrogen (secondary N) is 3. The Labute approximate surface area is 234 Å². The molecule has 1 saturated carbocycles. The number of carbonyl (C=O) groups excluding carboxylic acids is 2. The van der Waals surface area contributed by atoms with Gasteiger partial charge in [-0.2, -0.15) is 0 Å². The maximum absolute atomic E-state index is 13.0. The monoisotopic (exact) mass is 570 g/mol. The Morgan fingerprint density at radius 3 is 2.21 bits per heavy atom. The molecule has 0 spiro atoms. The van der Waals surface area contributed by atoms with E-state index in [-0.39, 0.29) is 64.1 Å². The third-order valence-corrected chi connectivity index (χ3v) is 6.96. The summed E-state index contributed by atoms with van der Waals surface area (Å²) >= 11 is 4.82. The molecule has 0 bridgehead atoms. The highest BCUT2D eigenvalue weighted by Gasteiger charge is 2.48. The second-order valence-corrected chi connectivity index (χ2v) is 9.67. The number of hydrazine groups is 1. The molecular weight excluding hydrogens is 528 g/mol. The van der Waals surface area contributed by atoms with Crippen molar-refractivity contribution in [2.75, 3.05) is 33.4 Å². The molecule has 12 nitrogen and oxygen atoms in total. The van der Waals surface area contributed by atoms with Crippen molar-refractivity contribution in [1.29, 1.82) is 0 Å². The van der Waals surface area contributed by atoms with Crippen molar-refractivity contribution in [2.45, 2.75) is 70.3 Å². The van der Waals surface area contributed by atoms with Gasteiger partial charge in [0.15, 0.2) is 5.11 Å². The zero-order chi connectivity index (χ0) is 28.4. The van der Waals surface area contributed by atoms with Crippen molar-refractivity contribution in [3.63, 3.8) is 0 Å². The fourth-order valence-electron chi connectivity index (χ4n) is 5.41. The molecular formula is C26H42N4O8S. The van der Waals surface area contributed by atoms with Crippen LogP contribution in [-0.4, -0.2) is 68.7 Å². The third kappa shape index (κ3) is 9.11. The number of hydrogen-bond donors (Lipinski definition) is 4. The standard InChI is InChI=1S/C22H32N4O5S.C4H8O2.H2O/c1-11(27)24-15-7-5-12-9-18(29-2)20(30-3)21(31-4)19(12)13-6-8-16(25-26-22(23)32)17(28)10-14(13)15;1-3-6-4(2)5;/h6,8,10,12,15,18-21H,5,7,9H2,1-4H3,(H,24,27)(H,25,28)(H3,23,26,32);3H2,1-2H3;1H2/t12?,15-,18?,19?,20?,21?;;/m0../s1. The molecule has 2 aliphatic carbocycles. The molecule has 1 aromatic rings. The number of rotatable bonds is 7. The number of nitrogens with two attached hydrogens (primary N) is 1. The normalized spacial score (nSPS) is 25.1. The van der Waals surface area contributed by atoms with Gasteiger partial charge < -0.3 is 35.5 Å². The van der Waals surface area contributed by atoms with Gasteiger partial charge in [0.05, 0.1) is 24.9 Å². The van der Waals surface area contributed by atoms with Gasteiger partial charge in [-0.05, 0) is 67.6 Å². The fourth-order valence-corrected chi connectivity index (χ4v) is 5.47. The molecule has 0 aromatic heterocycles. The number of ether oxygens (including phenoxy) is 4. The van der Waals surface area contributed by atoms with E-state index in [1.807, 2.05) is 6.07 Å². The number of thiocarbonyl (C=S) groups is 1. The van der Waals surface area contributed by atoms with Gasteiger partial charge >= 0.3 is 5.97 Å². The summed E-state index contributed by atoms with van der Waals surface area (Å²) in [5, 5.41) is 3.05. The van der Waals surface area contributed by atoms with Gasteiger partial charge in [0, 0.05) is 41.1 Å². The first-order valence-electron chi connectivity index (χ1n) is 12.6. The minimum absolute atomic E-state index is 0. The molecule has 220 valence electrons. The highest BCUT2D eigenvalue weighted by Crippen LogP contribution is 2.48. The molecule has 39 heavy (non-hydrogen) atoms. The lowest BCUT2D eigenvalue weighted by molar-refractivity contribution is -0.150. The van der Waals surface area contributed by atoms with Crippen LogP contribution in [0, 0.1) is 5.92 Å². The van der Waals surface area contributed by atoms with E-state index < -0.39 is 0 Å². The summed E-state index contributed by atoms with van der Waals surface area (Å²) in [7, 11) is 5.01. The maximum atomic E-state index is 13.0. The van der Waals surface area contributed by atoms with Gasteiger partial charge in [-0.3, -0.25) is 25.2 Å². The molecule has 6 atom stereocenters. The fraction of sp³-hybridized carbons (Fsp3) is 0.615. The van der Waals surface area contributed by atoms with Crippen LogP contribution >= 0.6 is 12.2 Å². The lowest BCUT2D eigenvalue weighted by Gasteiger charge is -2.45. The van der Waals surface area contributed by atoms with Crippen molar-refractivity contribution >= 4 is 34.9 Å². The van der Waals surface area contributed by atoms with Crippen LogP contribution in [0.3, 0.4) is 0 Å². The average molecular weight is 571 g/mol. The summed E-state index contributed by atoms with van der Waals surface area (Å²) in [5.74, 6) is -0.158. The van der Waals surface area contributed by atoms with E-state index >= 15 is 0 Å². The van der Waals surface area contributed by atoms with Crippen molar-refractivity contribution in [1.82, 2.24) is 10.7 Å². The number of anilines is 1. The van der Waals surface area contributed by atoms with E-state index in [1.54, 1.807) is 40.4 Å². The first kappa shape index (κ1) is 34.2. The molecule has 7 N–H and O–H groups in total. The molecule has 1 amide bonds. The van der Waals surface area contributed by atoms with Gasteiger partial charge in [0.2, 0.25) is 11.3 Å². The summed E-state index contributed by atoms with van der Waals surface area (Å²) < 4.78 is 21.9. The topological polar surface area (TPSA) is 182 Å². The zero-order valence-electron chi connectivity index (χ0n) is 23.4. The molecule has 5 unspecified atom stereocenters. The molecule has 1 aromatic carbocycles. The van der Waals surface area contributed by atoms with Crippen LogP contribution in [0.5, 0.6) is 0 Å². The molecule has 3 rings (SSSR count). The SMILES string of the molecule is CCOC(C)=O.COC1CC2CC[C@H](NC(C)=O)c3cc(=O)c(NNC(N)=S)ccc3C2C(OC)C1OC.O. The summed E-state index contributed by atoms with van der Waals surface area (Å²) in [6.07, 6.45) is 1.71. The summed E-state index contributed by atoms with van der Waals surface area (Å²) in [6, 6.07) is 4.92. The predicted molar refractivity (Wildman–Crippen MR) is 151 cm³/mol. The molecule has 0 aliphatic heterocycles. The zero-order valence-corrected chi connectivity index (χ0v) is 24.2. The highest BCUT2D eigenvalue weighted by molar-refractivity contribution is 7.80. The van der Waals surface area contributed by atoms with Gasteiger partial charge in [0.25, 0.3) is 0 Å².